The van der Waals surface area contributed by atoms with Gasteiger partial charge in [-0.3, -0.25) is 9.59 Å². The number of carbonyl (C=O) groups excluding carboxylic acids is 2. The van der Waals surface area contributed by atoms with Crippen molar-refractivity contribution in [2.45, 2.75) is 44.5 Å². The Balaban J connectivity index is 1.85. The van der Waals surface area contributed by atoms with Crippen LogP contribution in [-0.4, -0.2) is 38.5 Å². The molecule has 0 aromatic carbocycles. The van der Waals surface area contributed by atoms with E-state index in [0.29, 0.717) is 23.9 Å². The fourth-order valence-corrected chi connectivity index (χ4v) is 2.67. The zero-order valence-corrected chi connectivity index (χ0v) is 12.5. The molecule has 1 aromatic heterocycles. The summed E-state index contributed by atoms with van der Waals surface area (Å²) in [5.74, 6) is 1.16. The monoisotopic (exact) mass is 298 g/mol. The van der Waals surface area contributed by atoms with Gasteiger partial charge in [-0.05, 0) is 13.8 Å². The van der Waals surface area contributed by atoms with E-state index < -0.39 is 10.8 Å². The van der Waals surface area contributed by atoms with Crippen molar-refractivity contribution in [3.63, 3.8) is 0 Å². The number of aromatic nitrogens is 2. The van der Waals surface area contributed by atoms with Gasteiger partial charge in [0.05, 0.1) is 11.3 Å². The molecule has 0 spiro atoms. The number of nitrogens with zero attached hydrogens (tertiary/aromatic N) is 2. The highest BCUT2D eigenvalue weighted by Crippen LogP contribution is 2.28. The molecular formula is C12H18N4O3S. The molecule has 0 unspecified atom stereocenters. The number of nitrogens with one attached hydrogen (secondary N) is 2. The number of amides is 2. The van der Waals surface area contributed by atoms with Crippen LogP contribution in [0.15, 0.2) is 4.52 Å². The number of hydrogen-bond donors (Lipinski definition) is 2. The molecule has 0 saturated carbocycles. The summed E-state index contributed by atoms with van der Waals surface area (Å²) in [5.41, 5.74) is 0. The second-order valence-electron chi connectivity index (χ2n) is 5.02. The Hall–Kier alpha value is -1.57. The third-order valence-corrected chi connectivity index (χ3v) is 4.43. The van der Waals surface area contributed by atoms with Gasteiger partial charge < -0.3 is 15.2 Å². The average molecular weight is 298 g/mol. The van der Waals surface area contributed by atoms with E-state index in [-0.39, 0.29) is 18.4 Å². The quantitative estimate of drug-likeness (QED) is 0.827. The van der Waals surface area contributed by atoms with E-state index in [1.54, 1.807) is 0 Å². The molecule has 2 amide bonds. The van der Waals surface area contributed by atoms with Crippen molar-refractivity contribution in [3.05, 3.63) is 11.7 Å². The molecule has 1 saturated heterocycles. The highest BCUT2D eigenvalue weighted by Gasteiger charge is 2.37. The van der Waals surface area contributed by atoms with Crippen LogP contribution in [0.25, 0.3) is 0 Å². The largest absolute Gasteiger partial charge is 0.345 e. The van der Waals surface area contributed by atoms with Crippen molar-refractivity contribution < 1.29 is 14.1 Å². The van der Waals surface area contributed by atoms with E-state index >= 15 is 0 Å². The first-order chi connectivity index (χ1) is 9.42. The predicted octanol–water partition coefficient (Wildman–Crippen LogP) is 0.258. The van der Waals surface area contributed by atoms with Gasteiger partial charge in [0.2, 0.25) is 17.7 Å². The highest BCUT2D eigenvalue weighted by molar-refractivity contribution is 8.01. The standard InChI is InChI=1S/C12H18N4O3S/c1-4-8-15-9(19-16-8)5-13-10(17)7-6-20-12(2,3)11(18)14-7/h7H,4-6H2,1-3H3,(H,13,17)(H,14,18)/t7-/m0/s1. The molecule has 0 radical (unpaired) electrons. The Morgan fingerprint density at radius 1 is 1.60 bits per heavy atom. The number of rotatable bonds is 4. The molecular weight excluding hydrogens is 280 g/mol. The van der Waals surface area contributed by atoms with Gasteiger partial charge >= 0.3 is 0 Å². The number of aryl methyl sites for hydroxylation is 1. The molecule has 0 bridgehead atoms. The van der Waals surface area contributed by atoms with Crippen molar-refractivity contribution >= 4 is 23.6 Å². The molecule has 1 aromatic rings. The van der Waals surface area contributed by atoms with Crippen molar-refractivity contribution in [2.24, 2.45) is 0 Å². The maximum absolute atomic E-state index is 12.0. The lowest BCUT2D eigenvalue weighted by Gasteiger charge is -2.32. The number of carbonyl (C=O) groups is 2. The van der Waals surface area contributed by atoms with Crippen LogP contribution in [0.4, 0.5) is 0 Å². The van der Waals surface area contributed by atoms with Crippen LogP contribution in [0, 0.1) is 0 Å². The molecule has 7 nitrogen and oxygen atoms in total. The summed E-state index contributed by atoms with van der Waals surface area (Å²) in [4.78, 5) is 27.9. The summed E-state index contributed by atoms with van der Waals surface area (Å²) in [6, 6.07) is -0.519. The first-order valence-corrected chi connectivity index (χ1v) is 7.45. The molecule has 8 heteroatoms. The van der Waals surface area contributed by atoms with Crippen LogP contribution in [0.1, 0.15) is 32.5 Å². The van der Waals surface area contributed by atoms with Crippen molar-refractivity contribution in [2.75, 3.05) is 5.75 Å². The third kappa shape index (κ3) is 3.30. The summed E-state index contributed by atoms with van der Waals surface area (Å²) < 4.78 is 4.49. The summed E-state index contributed by atoms with van der Waals surface area (Å²) in [7, 11) is 0. The Labute approximate surface area is 121 Å². The number of hydrogen-bond acceptors (Lipinski definition) is 6. The van der Waals surface area contributed by atoms with Crippen LogP contribution in [-0.2, 0) is 22.6 Å². The maximum atomic E-state index is 12.0. The van der Waals surface area contributed by atoms with E-state index in [2.05, 4.69) is 20.8 Å². The average Bonchev–Trinajstić information content (AvgIpc) is 2.87. The zero-order chi connectivity index (χ0) is 14.8. The summed E-state index contributed by atoms with van der Waals surface area (Å²) >= 11 is 1.47. The number of thioether (sulfide) groups is 1. The summed E-state index contributed by atoms with van der Waals surface area (Å²) in [6.07, 6.45) is 0.682. The lowest BCUT2D eigenvalue weighted by molar-refractivity contribution is -0.129. The Bertz CT molecular complexity index is 515. The Morgan fingerprint density at radius 3 is 2.95 bits per heavy atom. The predicted molar refractivity (Wildman–Crippen MR) is 74.0 cm³/mol. The normalized spacial score (nSPS) is 21.4. The molecule has 2 heterocycles. The van der Waals surface area contributed by atoms with Crippen molar-refractivity contribution in [1.82, 2.24) is 20.8 Å². The van der Waals surface area contributed by atoms with E-state index in [0.717, 1.165) is 0 Å². The lowest BCUT2D eigenvalue weighted by atomic mass is 10.1. The molecule has 1 fully saturated rings. The van der Waals surface area contributed by atoms with Gasteiger partial charge in [0.1, 0.15) is 6.04 Å². The molecule has 1 atom stereocenters. The van der Waals surface area contributed by atoms with Crippen LogP contribution in [0.5, 0.6) is 0 Å². The van der Waals surface area contributed by atoms with Gasteiger partial charge in [0.25, 0.3) is 0 Å². The van der Waals surface area contributed by atoms with E-state index in [1.807, 2.05) is 20.8 Å². The first kappa shape index (κ1) is 14.8. The smallest absolute Gasteiger partial charge is 0.246 e. The van der Waals surface area contributed by atoms with Gasteiger partial charge in [-0.25, -0.2) is 0 Å². The summed E-state index contributed by atoms with van der Waals surface area (Å²) in [6.45, 7) is 5.77. The van der Waals surface area contributed by atoms with E-state index in [4.69, 9.17) is 4.52 Å². The van der Waals surface area contributed by atoms with E-state index in [9.17, 15) is 9.59 Å². The van der Waals surface area contributed by atoms with Crippen molar-refractivity contribution in [1.29, 1.82) is 0 Å². The first-order valence-electron chi connectivity index (χ1n) is 6.46. The fourth-order valence-electron chi connectivity index (χ4n) is 1.66. The maximum Gasteiger partial charge on any atom is 0.246 e. The second-order valence-corrected chi connectivity index (χ2v) is 6.67. The molecule has 1 aliphatic heterocycles. The van der Waals surface area contributed by atoms with Crippen LogP contribution < -0.4 is 10.6 Å². The van der Waals surface area contributed by atoms with Gasteiger partial charge in [0, 0.05) is 12.2 Å². The fraction of sp³-hybridized carbons (Fsp3) is 0.667. The molecule has 2 rings (SSSR count). The zero-order valence-electron chi connectivity index (χ0n) is 11.7. The van der Waals surface area contributed by atoms with E-state index in [1.165, 1.54) is 11.8 Å². The SMILES string of the molecule is CCc1noc(CNC(=O)[C@@H]2CSC(C)(C)C(=O)N2)n1. The molecule has 2 N–H and O–H groups in total. The molecule has 0 aliphatic carbocycles. The summed E-state index contributed by atoms with van der Waals surface area (Å²) in [5, 5.41) is 9.16. The second kappa shape index (κ2) is 5.82. The minimum Gasteiger partial charge on any atom is -0.345 e. The lowest BCUT2D eigenvalue weighted by Crippen LogP contribution is -2.57. The Kier molecular flexibility index (Phi) is 4.32. The Morgan fingerprint density at radius 2 is 2.35 bits per heavy atom. The highest BCUT2D eigenvalue weighted by atomic mass is 32.2. The van der Waals surface area contributed by atoms with Crippen LogP contribution in [0.2, 0.25) is 0 Å². The van der Waals surface area contributed by atoms with Gasteiger partial charge in [-0.2, -0.15) is 4.98 Å². The van der Waals surface area contributed by atoms with Gasteiger partial charge in [-0.1, -0.05) is 12.1 Å². The third-order valence-electron chi connectivity index (χ3n) is 3.02. The minimum absolute atomic E-state index is 0.125. The van der Waals surface area contributed by atoms with Gasteiger partial charge in [0.15, 0.2) is 5.82 Å². The van der Waals surface area contributed by atoms with Crippen LogP contribution >= 0.6 is 11.8 Å². The molecule has 110 valence electrons. The van der Waals surface area contributed by atoms with Gasteiger partial charge in [-0.15, -0.1) is 11.8 Å². The minimum atomic E-state index is -0.519. The van der Waals surface area contributed by atoms with Crippen LogP contribution in [0.3, 0.4) is 0 Å². The molecule has 1 aliphatic rings. The van der Waals surface area contributed by atoms with Crippen molar-refractivity contribution in [3.8, 4) is 0 Å². The topological polar surface area (TPSA) is 97.1 Å². The molecule has 20 heavy (non-hydrogen) atoms.